The van der Waals surface area contributed by atoms with Gasteiger partial charge in [0.25, 0.3) is 5.78 Å². The Morgan fingerprint density at radius 1 is 1.28 bits per heavy atom. The van der Waals surface area contributed by atoms with Gasteiger partial charge in [0.1, 0.15) is 4.88 Å². The lowest BCUT2D eigenvalue weighted by Crippen LogP contribution is -2.12. The smallest absolute Gasteiger partial charge is 0.378 e. The topological polar surface area (TPSA) is 79.3 Å². The number of hydrogen-bond acceptors (Lipinski definition) is 5. The molecule has 0 unspecified atom stereocenters. The van der Waals surface area contributed by atoms with Crippen LogP contribution in [0.5, 0.6) is 0 Å². The minimum atomic E-state index is -1.46. The fraction of sp³-hybridized carbons (Fsp3) is 0.0833. The third-order valence-corrected chi connectivity index (χ3v) is 3.29. The molecule has 0 fully saturated rings. The highest BCUT2D eigenvalue weighted by atomic mass is 32.1. The fourth-order valence-corrected chi connectivity index (χ4v) is 2.32. The zero-order chi connectivity index (χ0) is 13.1. The van der Waals surface area contributed by atoms with Gasteiger partial charge in [0.2, 0.25) is 0 Å². The molecule has 2 rings (SSSR count). The molecule has 18 heavy (non-hydrogen) atoms. The molecule has 1 heterocycles. The second kappa shape index (κ2) is 4.97. The summed E-state index contributed by atoms with van der Waals surface area (Å²) in [6.07, 6.45) is 0. The molecule has 0 aliphatic carbocycles. The minimum Gasteiger partial charge on any atom is -0.475 e. The Balaban J connectivity index is 2.24. The van der Waals surface area contributed by atoms with E-state index in [0.29, 0.717) is 10.8 Å². The van der Waals surface area contributed by atoms with Gasteiger partial charge < -0.3 is 10.4 Å². The highest BCUT2D eigenvalue weighted by molar-refractivity contribution is 7.18. The molecule has 0 saturated carbocycles. The number of rotatable bonds is 4. The van der Waals surface area contributed by atoms with Crippen LogP contribution in [-0.2, 0) is 4.79 Å². The van der Waals surface area contributed by atoms with E-state index in [-0.39, 0.29) is 4.88 Å². The Hall–Kier alpha value is -2.21. The molecule has 0 atom stereocenters. The lowest BCUT2D eigenvalue weighted by molar-refractivity contribution is -0.131. The number of ketones is 1. The molecule has 6 heteroatoms. The van der Waals surface area contributed by atoms with Gasteiger partial charge in [-0.05, 0) is 19.1 Å². The van der Waals surface area contributed by atoms with E-state index in [4.69, 9.17) is 5.11 Å². The maximum atomic E-state index is 11.4. The van der Waals surface area contributed by atoms with Crippen LogP contribution in [0.3, 0.4) is 0 Å². The van der Waals surface area contributed by atoms with Gasteiger partial charge in [-0.3, -0.25) is 4.79 Å². The van der Waals surface area contributed by atoms with Gasteiger partial charge >= 0.3 is 5.97 Å². The quantitative estimate of drug-likeness (QED) is 0.653. The predicted molar refractivity (Wildman–Crippen MR) is 68.5 cm³/mol. The van der Waals surface area contributed by atoms with Crippen molar-refractivity contribution in [2.45, 2.75) is 6.92 Å². The number of aromatic nitrogens is 1. The van der Waals surface area contributed by atoms with Gasteiger partial charge in [0, 0.05) is 5.69 Å². The van der Waals surface area contributed by atoms with Crippen LogP contribution in [0.1, 0.15) is 15.4 Å². The first-order valence-electron chi connectivity index (χ1n) is 5.15. The van der Waals surface area contributed by atoms with Crippen molar-refractivity contribution < 1.29 is 14.7 Å². The predicted octanol–water partition coefficient (Wildman–Crippen LogP) is 2.46. The molecule has 0 aliphatic rings. The summed E-state index contributed by atoms with van der Waals surface area (Å²) in [5, 5.41) is 12.2. The Kier molecular flexibility index (Phi) is 3.38. The monoisotopic (exact) mass is 262 g/mol. The van der Waals surface area contributed by atoms with Crippen LogP contribution in [0.2, 0.25) is 0 Å². The van der Waals surface area contributed by atoms with E-state index >= 15 is 0 Å². The summed E-state index contributed by atoms with van der Waals surface area (Å²) in [5.41, 5.74) is 1.26. The highest BCUT2D eigenvalue weighted by Gasteiger charge is 2.21. The first kappa shape index (κ1) is 12.3. The number of hydrogen-bond donors (Lipinski definition) is 2. The first-order chi connectivity index (χ1) is 8.58. The van der Waals surface area contributed by atoms with Crippen molar-refractivity contribution in [2.75, 3.05) is 5.32 Å². The molecule has 92 valence electrons. The normalized spacial score (nSPS) is 10.1. The van der Waals surface area contributed by atoms with E-state index in [9.17, 15) is 9.59 Å². The minimum absolute atomic E-state index is 0.154. The second-order valence-corrected chi connectivity index (χ2v) is 4.56. The van der Waals surface area contributed by atoms with Gasteiger partial charge in [0.05, 0.1) is 5.69 Å². The van der Waals surface area contributed by atoms with Crippen molar-refractivity contribution in [2.24, 2.45) is 0 Å². The number of Topliss-reactive ketones (excluding diaryl/α,β-unsaturated/α-hetero) is 1. The number of anilines is 2. The summed E-state index contributed by atoms with van der Waals surface area (Å²) in [5.74, 6) is -2.39. The number of thiazole rings is 1. The van der Waals surface area contributed by atoms with Gasteiger partial charge in [-0.1, -0.05) is 29.5 Å². The summed E-state index contributed by atoms with van der Waals surface area (Å²) in [6.45, 7) is 1.61. The van der Waals surface area contributed by atoms with Gasteiger partial charge in [-0.15, -0.1) is 0 Å². The maximum Gasteiger partial charge on any atom is 0.378 e. The van der Waals surface area contributed by atoms with Gasteiger partial charge in [0.15, 0.2) is 5.13 Å². The Morgan fingerprint density at radius 2 is 1.94 bits per heavy atom. The molecule has 0 bridgehead atoms. The van der Waals surface area contributed by atoms with Gasteiger partial charge in [-0.2, -0.15) is 0 Å². The zero-order valence-electron chi connectivity index (χ0n) is 9.51. The molecular formula is C12H10N2O3S. The molecule has 0 spiro atoms. The van der Waals surface area contributed by atoms with Crippen LogP contribution in [0.4, 0.5) is 10.8 Å². The van der Waals surface area contributed by atoms with Crippen molar-refractivity contribution in [3.05, 3.63) is 40.9 Å². The molecule has 0 aliphatic heterocycles. The number of para-hydroxylation sites is 1. The molecular weight excluding hydrogens is 252 g/mol. The Bertz CT molecular complexity index is 593. The molecule has 2 aromatic rings. The third-order valence-electron chi connectivity index (χ3n) is 2.22. The number of carbonyl (C=O) groups excluding carboxylic acids is 1. The first-order valence-corrected chi connectivity index (χ1v) is 5.96. The van der Waals surface area contributed by atoms with Crippen LogP contribution in [0.25, 0.3) is 0 Å². The van der Waals surface area contributed by atoms with Crippen molar-refractivity contribution >= 4 is 33.9 Å². The number of carbonyl (C=O) groups is 2. The van der Waals surface area contributed by atoms with Crippen molar-refractivity contribution in [3.63, 3.8) is 0 Å². The van der Waals surface area contributed by atoms with E-state index in [1.165, 1.54) is 0 Å². The number of aryl methyl sites for hydroxylation is 1. The number of aliphatic carboxylic acids is 1. The second-order valence-electron chi connectivity index (χ2n) is 3.56. The van der Waals surface area contributed by atoms with E-state index < -0.39 is 11.8 Å². The molecule has 1 aromatic carbocycles. The van der Waals surface area contributed by atoms with E-state index in [0.717, 1.165) is 17.0 Å². The summed E-state index contributed by atoms with van der Waals surface area (Å²) in [4.78, 5) is 26.3. The van der Waals surface area contributed by atoms with Crippen LogP contribution < -0.4 is 5.32 Å². The molecule has 5 nitrogen and oxygen atoms in total. The Morgan fingerprint density at radius 3 is 2.56 bits per heavy atom. The maximum absolute atomic E-state index is 11.4. The zero-order valence-corrected chi connectivity index (χ0v) is 10.3. The standard InChI is InChI=1S/C12H10N2O3S/c1-7-10(9(15)11(16)17)18-12(13-7)14-8-5-3-2-4-6-8/h2-6H,1H3,(H,13,14)(H,16,17). The van der Waals surface area contributed by atoms with E-state index in [1.54, 1.807) is 6.92 Å². The highest BCUT2D eigenvalue weighted by Crippen LogP contribution is 2.25. The van der Waals surface area contributed by atoms with Crippen molar-refractivity contribution in [1.82, 2.24) is 4.98 Å². The number of nitrogens with zero attached hydrogens (tertiary/aromatic N) is 1. The van der Waals surface area contributed by atoms with E-state index in [1.807, 2.05) is 30.3 Å². The van der Waals surface area contributed by atoms with Crippen LogP contribution in [0, 0.1) is 6.92 Å². The Labute approximate surface area is 107 Å². The average molecular weight is 262 g/mol. The van der Waals surface area contributed by atoms with Crippen molar-refractivity contribution in [1.29, 1.82) is 0 Å². The summed E-state index contributed by atoms with van der Waals surface area (Å²) < 4.78 is 0. The third kappa shape index (κ3) is 2.54. The average Bonchev–Trinajstić information content (AvgIpc) is 2.70. The summed E-state index contributed by atoms with van der Waals surface area (Å²) in [7, 11) is 0. The molecule has 2 N–H and O–H groups in total. The van der Waals surface area contributed by atoms with Crippen LogP contribution in [-0.4, -0.2) is 21.8 Å². The largest absolute Gasteiger partial charge is 0.475 e. The lowest BCUT2D eigenvalue weighted by atomic mass is 10.3. The molecule has 1 aromatic heterocycles. The molecule has 0 radical (unpaired) electrons. The number of carboxylic acids is 1. The van der Waals surface area contributed by atoms with Gasteiger partial charge in [-0.25, -0.2) is 9.78 Å². The SMILES string of the molecule is Cc1nc(Nc2ccccc2)sc1C(=O)C(=O)O. The summed E-state index contributed by atoms with van der Waals surface area (Å²) >= 11 is 1.04. The fourth-order valence-electron chi connectivity index (χ4n) is 1.40. The van der Waals surface area contributed by atoms with Crippen molar-refractivity contribution in [3.8, 4) is 0 Å². The molecule has 0 saturated heterocycles. The van der Waals surface area contributed by atoms with E-state index in [2.05, 4.69) is 10.3 Å². The number of benzene rings is 1. The summed E-state index contributed by atoms with van der Waals surface area (Å²) in [6, 6.07) is 9.33. The van der Waals surface area contributed by atoms with Crippen LogP contribution in [0.15, 0.2) is 30.3 Å². The lowest BCUT2D eigenvalue weighted by Gasteiger charge is -2.00. The molecule has 0 amide bonds. The van der Waals surface area contributed by atoms with Crippen LogP contribution >= 0.6 is 11.3 Å². The number of carboxylic acid groups (broad SMARTS) is 1. The number of nitrogens with one attached hydrogen (secondary N) is 1.